The molecule has 1 rings (SSSR count). The zero-order chi connectivity index (χ0) is 22.5. The number of nitrogens with one attached hydrogen (secondary N) is 1. The Labute approximate surface area is 179 Å². The van der Waals surface area contributed by atoms with Gasteiger partial charge in [-0.25, -0.2) is 0 Å². The SMILES string of the molecule is CCC(C)(C)CCOC(C)(C)C(C)(CC)C(=O)c1ccc(CNC(C)(C)N)cc1. The van der Waals surface area contributed by atoms with Crippen LogP contribution in [0.4, 0.5) is 0 Å². The van der Waals surface area contributed by atoms with Crippen LogP contribution in [0.2, 0.25) is 0 Å². The van der Waals surface area contributed by atoms with E-state index in [4.69, 9.17) is 10.5 Å². The van der Waals surface area contributed by atoms with E-state index in [1.54, 1.807) is 0 Å². The summed E-state index contributed by atoms with van der Waals surface area (Å²) in [5, 5.41) is 3.27. The number of ether oxygens (including phenoxy) is 1. The van der Waals surface area contributed by atoms with Gasteiger partial charge in [0.2, 0.25) is 0 Å². The van der Waals surface area contributed by atoms with E-state index >= 15 is 0 Å². The average molecular weight is 405 g/mol. The Morgan fingerprint density at radius 2 is 1.52 bits per heavy atom. The maximum Gasteiger partial charge on any atom is 0.171 e. The molecule has 0 aliphatic carbocycles. The molecule has 4 nitrogen and oxygen atoms in total. The molecule has 1 aromatic carbocycles. The Kier molecular flexibility index (Phi) is 8.65. The lowest BCUT2D eigenvalue weighted by Crippen LogP contribution is -2.49. The fraction of sp³-hybridized carbons (Fsp3) is 0.720. The van der Waals surface area contributed by atoms with Crippen LogP contribution in [0.1, 0.15) is 97.5 Å². The Morgan fingerprint density at radius 3 is 1.97 bits per heavy atom. The number of nitrogens with two attached hydrogens (primary N) is 1. The van der Waals surface area contributed by atoms with Gasteiger partial charge >= 0.3 is 0 Å². The molecule has 0 aromatic heterocycles. The number of benzene rings is 1. The third-order valence-corrected chi connectivity index (χ3v) is 6.70. The molecular weight excluding hydrogens is 360 g/mol. The van der Waals surface area contributed by atoms with Crippen molar-refractivity contribution in [2.75, 3.05) is 6.61 Å². The van der Waals surface area contributed by atoms with E-state index in [0.29, 0.717) is 13.2 Å². The predicted octanol–water partition coefficient (Wildman–Crippen LogP) is 5.69. The maximum atomic E-state index is 13.5. The number of carbonyl (C=O) groups excluding carboxylic acids is 1. The highest BCUT2D eigenvalue weighted by Crippen LogP contribution is 2.41. The van der Waals surface area contributed by atoms with Crippen molar-refractivity contribution in [2.24, 2.45) is 16.6 Å². The summed E-state index contributed by atoms with van der Waals surface area (Å²) in [5.74, 6) is 0.137. The Morgan fingerprint density at radius 1 is 0.966 bits per heavy atom. The maximum absolute atomic E-state index is 13.5. The topological polar surface area (TPSA) is 64.3 Å². The van der Waals surface area contributed by atoms with Crippen molar-refractivity contribution in [3.63, 3.8) is 0 Å². The molecule has 0 saturated heterocycles. The van der Waals surface area contributed by atoms with Gasteiger partial charge in [-0.3, -0.25) is 10.1 Å². The van der Waals surface area contributed by atoms with Crippen LogP contribution < -0.4 is 11.1 Å². The lowest BCUT2D eigenvalue weighted by molar-refractivity contribution is -0.0956. The van der Waals surface area contributed by atoms with Gasteiger partial charge in [0.15, 0.2) is 5.78 Å². The summed E-state index contributed by atoms with van der Waals surface area (Å²) in [6.45, 7) is 20.1. The van der Waals surface area contributed by atoms with E-state index in [2.05, 4.69) is 46.9 Å². The van der Waals surface area contributed by atoms with Crippen LogP contribution in [-0.4, -0.2) is 23.7 Å². The number of hydrogen-bond donors (Lipinski definition) is 2. The van der Waals surface area contributed by atoms with E-state index < -0.39 is 16.7 Å². The average Bonchev–Trinajstić information content (AvgIpc) is 2.64. The van der Waals surface area contributed by atoms with Gasteiger partial charge in [-0.2, -0.15) is 0 Å². The molecule has 0 saturated carbocycles. The van der Waals surface area contributed by atoms with E-state index in [0.717, 1.165) is 30.4 Å². The minimum absolute atomic E-state index is 0.137. The van der Waals surface area contributed by atoms with Crippen LogP contribution in [-0.2, 0) is 11.3 Å². The summed E-state index contributed by atoms with van der Waals surface area (Å²) in [7, 11) is 0. The van der Waals surface area contributed by atoms with Gasteiger partial charge in [0, 0.05) is 18.7 Å². The molecule has 1 aromatic rings. The van der Waals surface area contributed by atoms with Crippen LogP contribution in [0.15, 0.2) is 24.3 Å². The lowest BCUT2D eigenvalue weighted by atomic mass is 9.68. The van der Waals surface area contributed by atoms with Gasteiger partial charge in [0.05, 0.1) is 16.7 Å². The second-order valence-corrected chi connectivity index (χ2v) is 10.4. The van der Waals surface area contributed by atoms with Crippen molar-refractivity contribution < 1.29 is 9.53 Å². The standard InChI is InChI=1S/C25H44N2O2/c1-10-22(3,4)16-17-29-23(5,6)25(9,11-2)21(28)20-14-12-19(13-15-20)18-27-24(7,8)26/h12-15,27H,10-11,16-18,26H2,1-9H3. The van der Waals surface area contributed by atoms with Gasteiger partial charge < -0.3 is 10.5 Å². The zero-order valence-corrected chi connectivity index (χ0v) is 20.2. The number of rotatable bonds is 12. The quantitative estimate of drug-likeness (QED) is 0.347. The molecule has 0 radical (unpaired) electrons. The summed E-state index contributed by atoms with van der Waals surface area (Å²) < 4.78 is 6.32. The van der Waals surface area contributed by atoms with Gasteiger partial charge in [0.25, 0.3) is 0 Å². The molecule has 0 fully saturated rings. The van der Waals surface area contributed by atoms with E-state index in [9.17, 15) is 4.79 Å². The molecule has 29 heavy (non-hydrogen) atoms. The molecule has 0 spiro atoms. The Bertz CT molecular complexity index is 656. The third-order valence-electron chi connectivity index (χ3n) is 6.70. The first-order valence-corrected chi connectivity index (χ1v) is 11.0. The Hall–Kier alpha value is -1.23. The molecule has 0 aliphatic rings. The van der Waals surface area contributed by atoms with Crippen LogP contribution in [0, 0.1) is 10.8 Å². The molecule has 166 valence electrons. The molecule has 0 aliphatic heterocycles. The molecule has 3 N–H and O–H groups in total. The largest absolute Gasteiger partial charge is 0.375 e. The minimum Gasteiger partial charge on any atom is -0.375 e. The first kappa shape index (κ1) is 25.8. The fourth-order valence-corrected chi connectivity index (χ4v) is 3.20. The van der Waals surface area contributed by atoms with Gasteiger partial charge in [-0.15, -0.1) is 0 Å². The highest BCUT2D eigenvalue weighted by Gasteiger charge is 2.47. The predicted molar refractivity (Wildman–Crippen MR) is 123 cm³/mol. The smallest absolute Gasteiger partial charge is 0.171 e. The van der Waals surface area contributed by atoms with Crippen molar-refractivity contribution in [1.82, 2.24) is 5.32 Å². The van der Waals surface area contributed by atoms with Crippen molar-refractivity contribution in [3.05, 3.63) is 35.4 Å². The normalized spacial score (nSPS) is 15.2. The van der Waals surface area contributed by atoms with Crippen molar-refractivity contribution in [3.8, 4) is 0 Å². The van der Waals surface area contributed by atoms with Crippen LogP contribution in [0.5, 0.6) is 0 Å². The van der Waals surface area contributed by atoms with Crippen LogP contribution in [0.25, 0.3) is 0 Å². The molecular formula is C25H44N2O2. The number of hydrogen-bond acceptors (Lipinski definition) is 4. The molecule has 0 heterocycles. The fourth-order valence-electron chi connectivity index (χ4n) is 3.20. The van der Waals surface area contributed by atoms with Crippen molar-refractivity contribution in [2.45, 2.75) is 99.4 Å². The number of Topliss-reactive ketones (excluding diaryl/α,β-unsaturated/α-hetero) is 1. The first-order valence-electron chi connectivity index (χ1n) is 11.0. The highest BCUT2D eigenvalue weighted by molar-refractivity contribution is 6.01. The second kappa shape index (κ2) is 9.72. The van der Waals surface area contributed by atoms with Crippen molar-refractivity contribution >= 4 is 5.78 Å². The monoisotopic (exact) mass is 404 g/mol. The first-order chi connectivity index (χ1) is 13.2. The summed E-state index contributed by atoms with van der Waals surface area (Å²) in [6.07, 6.45) is 2.82. The van der Waals surface area contributed by atoms with E-state index in [1.165, 1.54) is 0 Å². The second-order valence-electron chi connectivity index (χ2n) is 10.4. The van der Waals surface area contributed by atoms with E-state index in [1.807, 2.05) is 45.0 Å². The van der Waals surface area contributed by atoms with Crippen molar-refractivity contribution in [1.29, 1.82) is 0 Å². The number of ketones is 1. The molecule has 4 heteroatoms. The van der Waals surface area contributed by atoms with Gasteiger partial charge in [-0.05, 0) is 58.4 Å². The highest BCUT2D eigenvalue weighted by atomic mass is 16.5. The molecule has 1 unspecified atom stereocenters. The molecule has 0 bridgehead atoms. The summed E-state index contributed by atoms with van der Waals surface area (Å²) in [6, 6.07) is 7.85. The summed E-state index contributed by atoms with van der Waals surface area (Å²) >= 11 is 0. The van der Waals surface area contributed by atoms with Crippen LogP contribution >= 0.6 is 0 Å². The zero-order valence-electron chi connectivity index (χ0n) is 20.2. The summed E-state index contributed by atoms with van der Waals surface area (Å²) in [4.78, 5) is 13.5. The van der Waals surface area contributed by atoms with Crippen LogP contribution in [0.3, 0.4) is 0 Å². The third kappa shape index (κ3) is 7.20. The Balaban J connectivity index is 2.91. The van der Waals surface area contributed by atoms with E-state index in [-0.39, 0.29) is 11.2 Å². The lowest BCUT2D eigenvalue weighted by Gasteiger charge is -2.43. The minimum atomic E-state index is -0.595. The van der Waals surface area contributed by atoms with Gasteiger partial charge in [-0.1, -0.05) is 58.4 Å². The molecule has 0 amide bonds. The number of carbonyl (C=O) groups is 1. The molecule has 1 atom stereocenters. The summed E-state index contributed by atoms with van der Waals surface area (Å²) in [5.41, 5.74) is 6.50. The van der Waals surface area contributed by atoms with Gasteiger partial charge in [0.1, 0.15) is 0 Å².